The molecular formula is C22H46N2O2. The molecule has 26 heavy (non-hydrogen) atoms. The fourth-order valence-corrected chi connectivity index (χ4v) is 2.65. The minimum absolute atomic E-state index is 0.364. The highest BCUT2D eigenvalue weighted by Gasteiger charge is 2.18. The Morgan fingerprint density at radius 3 is 2.08 bits per heavy atom. The van der Waals surface area contributed by atoms with Crippen molar-refractivity contribution < 1.29 is 9.84 Å². The van der Waals surface area contributed by atoms with Crippen LogP contribution in [0.1, 0.15) is 60.8 Å². The number of methoxy groups -OCH3 is 1. The van der Waals surface area contributed by atoms with Crippen molar-refractivity contribution >= 4 is 0 Å². The highest BCUT2D eigenvalue weighted by molar-refractivity contribution is 5.11. The molecule has 1 heterocycles. The van der Waals surface area contributed by atoms with Gasteiger partial charge in [0.1, 0.15) is 0 Å². The van der Waals surface area contributed by atoms with E-state index >= 15 is 0 Å². The molecular weight excluding hydrogens is 324 g/mol. The van der Waals surface area contributed by atoms with Crippen molar-refractivity contribution in [2.75, 3.05) is 53.0 Å². The lowest BCUT2D eigenvalue weighted by molar-refractivity contribution is 0.0240. The topological polar surface area (TPSA) is 35.9 Å². The first kappa shape index (κ1) is 27.5. The van der Waals surface area contributed by atoms with E-state index in [2.05, 4.69) is 55.7 Å². The lowest BCUT2D eigenvalue weighted by Gasteiger charge is -2.35. The van der Waals surface area contributed by atoms with Crippen LogP contribution in [0.3, 0.4) is 0 Å². The Morgan fingerprint density at radius 1 is 1.08 bits per heavy atom. The van der Waals surface area contributed by atoms with Gasteiger partial charge in [0.25, 0.3) is 0 Å². The van der Waals surface area contributed by atoms with Crippen LogP contribution in [0.15, 0.2) is 23.8 Å². The molecule has 156 valence electrons. The predicted molar refractivity (Wildman–Crippen MR) is 116 cm³/mol. The van der Waals surface area contributed by atoms with Gasteiger partial charge in [0.05, 0.1) is 12.7 Å². The Bertz CT molecular complexity index is 335. The molecule has 1 saturated heterocycles. The van der Waals surface area contributed by atoms with Gasteiger partial charge in [-0.3, -0.25) is 4.90 Å². The molecule has 1 unspecified atom stereocenters. The van der Waals surface area contributed by atoms with Gasteiger partial charge in [-0.1, -0.05) is 64.8 Å². The Labute approximate surface area is 163 Å². The Balaban J connectivity index is 0. The summed E-state index contributed by atoms with van der Waals surface area (Å²) in [6.45, 7) is 19.1. The van der Waals surface area contributed by atoms with E-state index in [-0.39, 0.29) is 6.10 Å². The van der Waals surface area contributed by atoms with E-state index < -0.39 is 0 Å². The molecule has 1 atom stereocenters. The van der Waals surface area contributed by atoms with Gasteiger partial charge in [0, 0.05) is 46.4 Å². The van der Waals surface area contributed by atoms with Crippen molar-refractivity contribution in [3.05, 3.63) is 23.8 Å². The number of rotatable bonds is 9. The summed E-state index contributed by atoms with van der Waals surface area (Å²) in [5, 5.41) is 9.76. The van der Waals surface area contributed by atoms with Crippen LogP contribution in [0.2, 0.25) is 0 Å². The van der Waals surface area contributed by atoms with Crippen LogP contribution >= 0.6 is 0 Å². The van der Waals surface area contributed by atoms with Crippen LogP contribution in [0.25, 0.3) is 0 Å². The van der Waals surface area contributed by atoms with Gasteiger partial charge in [-0.25, -0.2) is 0 Å². The molecule has 1 fully saturated rings. The largest absolute Gasteiger partial charge is 0.389 e. The molecule has 1 aliphatic heterocycles. The molecule has 0 amide bonds. The van der Waals surface area contributed by atoms with Gasteiger partial charge in [0.15, 0.2) is 0 Å². The highest BCUT2D eigenvalue weighted by atomic mass is 16.5. The van der Waals surface area contributed by atoms with E-state index in [0.717, 1.165) is 52.1 Å². The molecule has 0 bridgehead atoms. The first-order valence-corrected chi connectivity index (χ1v) is 10.5. The smallest absolute Gasteiger partial charge is 0.0900 e. The monoisotopic (exact) mass is 370 g/mol. The number of aliphatic hydroxyl groups is 1. The summed E-state index contributed by atoms with van der Waals surface area (Å²) in [6.07, 6.45) is 9.64. The molecule has 4 heteroatoms. The van der Waals surface area contributed by atoms with Gasteiger partial charge < -0.3 is 14.7 Å². The van der Waals surface area contributed by atoms with Gasteiger partial charge in [-0.05, 0) is 19.8 Å². The lowest BCUT2D eigenvalue weighted by atomic mass is 10.1. The number of ether oxygens (including phenoxy) is 1. The van der Waals surface area contributed by atoms with Crippen LogP contribution in [-0.4, -0.2) is 74.0 Å². The Kier molecular flexibility index (Phi) is 21.9. The third-order valence-electron chi connectivity index (χ3n) is 4.02. The summed E-state index contributed by atoms with van der Waals surface area (Å²) >= 11 is 0. The second-order valence-electron chi connectivity index (χ2n) is 6.41. The van der Waals surface area contributed by atoms with Crippen LogP contribution in [0.5, 0.6) is 0 Å². The van der Waals surface area contributed by atoms with Crippen molar-refractivity contribution in [3.8, 4) is 0 Å². The molecule has 0 aliphatic carbocycles. The summed E-state index contributed by atoms with van der Waals surface area (Å²) in [5.74, 6) is 0. The van der Waals surface area contributed by atoms with E-state index in [1.54, 1.807) is 7.11 Å². The van der Waals surface area contributed by atoms with Crippen molar-refractivity contribution in [2.45, 2.75) is 66.9 Å². The van der Waals surface area contributed by atoms with Crippen LogP contribution in [0.4, 0.5) is 0 Å². The van der Waals surface area contributed by atoms with E-state index in [9.17, 15) is 5.11 Å². The highest BCUT2D eigenvalue weighted by Crippen LogP contribution is 2.10. The number of β-amino-alcohol motifs (C(OH)–C–C–N with tert-alkyl or cyclic N) is 1. The molecule has 4 nitrogen and oxygen atoms in total. The number of piperazine rings is 1. The molecule has 0 saturated carbocycles. The summed E-state index contributed by atoms with van der Waals surface area (Å²) in [6, 6.07) is 0. The first-order chi connectivity index (χ1) is 12.6. The lowest BCUT2D eigenvalue weighted by Crippen LogP contribution is -2.49. The Hall–Kier alpha value is -0.680. The quantitative estimate of drug-likeness (QED) is 0.612. The third kappa shape index (κ3) is 15.6. The molecule has 0 aromatic heterocycles. The molecule has 0 radical (unpaired) electrons. The van der Waals surface area contributed by atoms with Crippen molar-refractivity contribution in [2.24, 2.45) is 0 Å². The molecule has 0 spiro atoms. The average Bonchev–Trinajstić information content (AvgIpc) is 2.65. The number of allylic oxidation sites excluding steroid dienone is 3. The zero-order valence-electron chi connectivity index (χ0n) is 18.6. The molecule has 0 aromatic carbocycles. The van der Waals surface area contributed by atoms with Gasteiger partial charge in [0.2, 0.25) is 0 Å². The fourth-order valence-electron chi connectivity index (χ4n) is 2.65. The second kappa shape index (κ2) is 20.6. The number of hydrogen-bond acceptors (Lipinski definition) is 4. The van der Waals surface area contributed by atoms with E-state index in [4.69, 9.17) is 4.74 Å². The molecule has 1 rings (SSSR count). The predicted octanol–water partition coefficient (Wildman–Crippen LogP) is 4.36. The van der Waals surface area contributed by atoms with Crippen LogP contribution in [-0.2, 0) is 4.74 Å². The normalized spacial score (nSPS) is 17.3. The molecule has 1 N–H and O–H groups in total. The van der Waals surface area contributed by atoms with Crippen molar-refractivity contribution in [3.63, 3.8) is 0 Å². The van der Waals surface area contributed by atoms with Crippen LogP contribution in [0, 0.1) is 0 Å². The minimum atomic E-state index is -0.364. The maximum Gasteiger partial charge on any atom is 0.0900 e. The standard InChI is InChI=1S/C17H32N2O2.C3H8.C2H6/c1-4-6-7-16(5-2)8-9-18-10-12-19(13-11-18)14-17(20)15-21-3;1-3-2;1-2/h4,6-7,17,20H,5,8-15H2,1-3H3;3H2,1-2H3;1-2H3/b6-4-,16-7+;;. The molecule has 0 aromatic rings. The van der Waals surface area contributed by atoms with E-state index in [1.807, 2.05) is 13.8 Å². The average molecular weight is 371 g/mol. The second-order valence-corrected chi connectivity index (χ2v) is 6.41. The summed E-state index contributed by atoms with van der Waals surface area (Å²) in [5.41, 5.74) is 1.52. The SMILES string of the molecule is C/C=C\C=C(/CC)CCN1CCN(CC(O)COC)CC1.CC.CCC. The zero-order chi connectivity index (χ0) is 20.2. The minimum Gasteiger partial charge on any atom is -0.389 e. The van der Waals surface area contributed by atoms with Crippen LogP contribution < -0.4 is 0 Å². The fraction of sp³-hybridized carbons (Fsp3) is 0.818. The number of nitrogens with zero attached hydrogens (tertiary/aromatic N) is 2. The van der Waals surface area contributed by atoms with E-state index in [0.29, 0.717) is 6.61 Å². The van der Waals surface area contributed by atoms with Gasteiger partial charge >= 0.3 is 0 Å². The van der Waals surface area contributed by atoms with Crippen molar-refractivity contribution in [1.29, 1.82) is 0 Å². The number of aliphatic hydroxyl groups excluding tert-OH is 1. The first-order valence-electron chi connectivity index (χ1n) is 10.5. The van der Waals surface area contributed by atoms with Gasteiger partial charge in [-0.2, -0.15) is 0 Å². The Morgan fingerprint density at radius 2 is 1.62 bits per heavy atom. The zero-order valence-corrected chi connectivity index (χ0v) is 18.6. The van der Waals surface area contributed by atoms with Crippen molar-refractivity contribution in [1.82, 2.24) is 9.80 Å². The maximum atomic E-state index is 9.76. The van der Waals surface area contributed by atoms with Gasteiger partial charge in [-0.15, -0.1) is 0 Å². The number of hydrogen-bond donors (Lipinski definition) is 1. The van der Waals surface area contributed by atoms with E-state index in [1.165, 1.54) is 12.0 Å². The third-order valence-corrected chi connectivity index (χ3v) is 4.02. The molecule has 1 aliphatic rings. The summed E-state index contributed by atoms with van der Waals surface area (Å²) < 4.78 is 4.98. The maximum absolute atomic E-state index is 9.76. The summed E-state index contributed by atoms with van der Waals surface area (Å²) in [7, 11) is 1.63. The summed E-state index contributed by atoms with van der Waals surface area (Å²) in [4.78, 5) is 4.86.